The molecular formula is C35H46FN7O6S. The highest BCUT2D eigenvalue weighted by molar-refractivity contribution is 7.89. The van der Waals surface area contributed by atoms with E-state index in [-0.39, 0.29) is 51.3 Å². The number of nitrogens with one attached hydrogen (secondary N) is 1. The van der Waals surface area contributed by atoms with Gasteiger partial charge in [-0.3, -0.25) is 9.59 Å². The van der Waals surface area contributed by atoms with Crippen molar-refractivity contribution in [1.29, 1.82) is 0 Å². The molecule has 13 nitrogen and oxygen atoms in total. The molecule has 5 heterocycles. The van der Waals surface area contributed by atoms with Crippen LogP contribution in [0.25, 0.3) is 0 Å². The van der Waals surface area contributed by atoms with Gasteiger partial charge in [0.25, 0.3) is 5.91 Å². The molecule has 3 aliphatic rings. The smallest absolute Gasteiger partial charge is 0.257 e. The number of amides is 1. The van der Waals surface area contributed by atoms with Crippen molar-refractivity contribution in [2.75, 3.05) is 50.8 Å². The Bertz CT molecular complexity index is 1850. The first-order chi connectivity index (χ1) is 23.9. The predicted molar refractivity (Wildman–Crippen MR) is 185 cm³/mol. The number of aryl methyl sites for hydroxylation is 1. The molecule has 3 aromatic rings. The van der Waals surface area contributed by atoms with Crippen LogP contribution in [0.1, 0.15) is 56.8 Å². The Morgan fingerprint density at radius 1 is 1.16 bits per heavy atom. The molecule has 0 unspecified atom stereocenters. The summed E-state index contributed by atoms with van der Waals surface area (Å²) < 4.78 is 56.3. The van der Waals surface area contributed by atoms with E-state index in [2.05, 4.69) is 24.5 Å². The lowest BCUT2D eigenvalue weighted by atomic mass is 9.72. The molecule has 1 amide bonds. The van der Waals surface area contributed by atoms with Gasteiger partial charge in [-0.1, -0.05) is 0 Å². The van der Waals surface area contributed by atoms with Crippen LogP contribution in [0.5, 0.6) is 11.5 Å². The number of carbonyl (C=O) groups excluding carboxylic acids is 1. The predicted octanol–water partition coefficient (Wildman–Crippen LogP) is 3.41. The quantitative estimate of drug-likeness (QED) is 0.315. The molecule has 1 aromatic carbocycles. The van der Waals surface area contributed by atoms with Gasteiger partial charge in [-0.15, -0.1) is 0 Å². The summed E-state index contributed by atoms with van der Waals surface area (Å²) in [5.74, 6) is 0.503. The summed E-state index contributed by atoms with van der Waals surface area (Å²) >= 11 is 0. The molecule has 2 aromatic heterocycles. The van der Waals surface area contributed by atoms with Gasteiger partial charge in [0.05, 0.1) is 29.4 Å². The van der Waals surface area contributed by atoms with Gasteiger partial charge < -0.3 is 28.7 Å². The first-order valence-electron chi connectivity index (χ1n) is 17.2. The number of halogens is 1. The normalized spacial score (nSPS) is 20.9. The number of likely N-dealkylation sites (tertiary alicyclic amines) is 1. The maximum atomic E-state index is 14.3. The Balaban J connectivity index is 0.997. The molecule has 50 heavy (non-hydrogen) atoms. The molecule has 3 fully saturated rings. The van der Waals surface area contributed by atoms with Gasteiger partial charge in [0.1, 0.15) is 17.9 Å². The fraction of sp³-hybridized carbons (Fsp3) is 0.543. The number of carbonyl (C=O) groups is 1. The number of ether oxygens (including phenoxy) is 2. The van der Waals surface area contributed by atoms with E-state index >= 15 is 0 Å². The van der Waals surface area contributed by atoms with Crippen LogP contribution in [0.4, 0.5) is 10.2 Å². The van der Waals surface area contributed by atoms with Crippen molar-refractivity contribution in [2.45, 2.75) is 69.5 Å². The summed E-state index contributed by atoms with van der Waals surface area (Å²) in [5, 5.41) is 0. The highest BCUT2D eigenvalue weighted by atomic mass is 32.2. The number of benzene rings is 1. The minimum atomic E-state index is -3.76. The third-order valence-electron chi connectivity index (χ3n) is 10.1. The molecule has 270 valence electrons. The van der Waals surface area contributed by atoms with Gasteiger partial charge in [-0.25, -0.2) is 27.5 Å². The zero-order valence-corrected chi connectivity index (χ0v) is 29.9. The maximum Gasteiger partial charge on any atom is 0.257 e. The maximum absolute atomic E-state index is 14.3. The van der Waals surface area contributed by atoms with Crippen LogP contribution in [0, 0.1) is 11.2 Å². The minimum absolute atomic E-state index is 0.0362. The minimum Gasteiger partial charge on any atom is -0.451 e. The van der Waals surface area contributed by atoms with Crippen LogP contribution >= 0.6 is 0 Å². The van der Waals surface area contributed by atoms with E-state index in [1.807, 2.05) is 20.8 Å². The van der Waals surface area contributed by atoms with Crippen molar-refractivity contribution in [1.82, 2.24) is 29.1 Å². The van der Waals surface area contributed by atoms with Crippen molar-refractivity contribution >= 4 is 21.7 Å². The zero-order valence-electron chi connectivity index (χ0n) is 29.0. The molecule has 3 saturated heterocycles. The first kappa shape index (κ1) is 35.9. The van der Waals surface area contributed by atoms with Gasteiger partial charge in [0.15, 0.2) is 11.6 Å². The Morgan fingerprint density at radius 3 is 2.58 bits per heavy atom. The SMILES string of the molecule is CCN(C(=O)c1cc(F)ccc1Oc1cncnc1N1CC2(CCN(C[C@@H]3CC[C@@H](NS(=O)(=O)c4ccc(=O)n(C)c4)CO3)CC2)C1)C(C)C. The number of pyridine rings is 1. The van der Waals surface area contributed by atoms with Crippen LogP contribution in [-0.4, -0.2) is 103 Å². The van der Waals surface area contributed by atoms with E-state index in [9.17, 15) is 22.4 Å². The highest BCUT2D eigenvalue weighted by Gasteiger charge is 2.46. The third kappa shape index (κ3) is 7.85. The second kappa shape index (κ2) is 14.7. The topological polar surface area (TPSA) is 139 Å². The number of sulfonamides is 1. The average molecular weight is 712 g/mol. The van der Waals surface area contributed by atoms with Crippen molar-refractivity contribution in [3.8, 4) is 11.5 Å². The number of nitrogens with zero attached hydrogens (tertiary/aromatic N) is 6. The molecule has 0 radical (unpaired) electrons. The summed E-state index contributed by atoms with van der Waals surface area (Å²) in [4.78, 5) is 40.0. The van der Waals surface area contributed by atoms with Gasteiger partial charge >= 0.3 is 0 Å². The molecule has 6 rings (SSSR count). The summed E-state index contributed by atoms with van der Waals surface area (Å²) in [5.41, 5.74) is 0.0445. The molecule has 0 aliphatic carbocycles. The lowest BCUT2D eigenvalue weighted by Gasteiger charge is -2.54. The second-order valence-corrected chi connectivity index (χ2v) is 15.7. The van der Waals surface area contributed by atoms with E-state index < -0.39 is 15.8 Å². The fourth-order valence-corrected chi connectivity index (χ4v) is 8.48. The van der Waals surface area contributed by atoms with Crippen LogP contribution in [0.15, 0.2) is 58.7 Å². The Kier molecular flexibility index (Phi) is 10.6. The van der Waals surface area contributed by atoms with Gasteiger partial charge in [0.2, 0.25) is 15.6 Å². The van der Waals surface area contributed by atoms with Gasteiger partial charge in [0, 0.05) is 63.0 Å². The van der Waals surface area contributed by atoms with Crippen LogP contribution in [0.3, 0.4) is 0 Å². The molecule has 1 spiro atoms. The lowest BCUT2D eigenvalue weighted by molar-refractivity contribution is -0.0299. The van der Waals surface area contributed by atoms with Crippen molar-refractivity contribution in [2.24, 2.45) is 12.5 Å². The third-order valence-corrected chi connectivity index (χ3v) is 11.6. The summed E-state index contributed by atoms with van der Waals surface area (Å²) in [7, 11) is -2.24. The lowest BCUT2D eigenvalue weighted by Crippen LogP contribution is -2.61. The van der Waals surface area contributed by atoms with E-state index in [4.69, 9.17) is 9.47 Å². The zero-order chi connectivity index (χ0) is 35.6. The molecule has 0 saturated carbocycles. The summed E-state index contributed by atoms with van der Waals surface area (Å²) in [6.45, 7) is 10.8. The van der Waals surface area contributed by atoms with Crippen molar-refractivity contribution in [3.63, 3.8) is 0 Å². The van der Waals surface area contributed by atoms with Crippen LogP contribution in [0.2, 0.25) is 0 Å². The molecule has 15 heteroatoms. The largest absolute Gasteiger partial charge is 0.451 e. The number of hydrogen-bond donors (Lipinski definition) is 1. The summed E-state index contributed by atoms with van der Waals surface area (Å²) in [6, 6.07) is 6.17. The van der Waals surface area contributed by atoms with Crippen molar-refractivity contribution in [3.05, 3.63) is 70.8 Å². The number of anilines is 1. The number of rotatable bonds is 11. The van der Waals surface area contributed by atoms with Gasteiger partial charge in [-0.2, -0.15) is 0 Å². The monoisotopic (exact) mass is 711 g/mol. The average Bonchev–Trinajstić information content (AvgIpc) is 3.07. The molecule has 0 bridgehead atoms. The first-order valence-corrected chi connectivity index (χ1v) is 18.7. The molecule has 3 aliphatic heterocycles. The van der Waals surface area contributed by atoms with E-state index in [0.717, 1.165) is 52.0 Å². The number of aromatic nitrogens is 3. The second-order valence-electron chi connectivity index (χ2n) is 14.0. The van der Waals surface area contributed by atoms with E-state index in [1.165, 1.54) is 54.5 Å². The molecular weight excluding hydrogens is 665 g/mol. The van der Waals surface area contributed by atoms with Crippen molar-refractivity contribution < 1.29 is 27.1 Å². The standard InChI is InChI=1S/C35H46FN7O6S/c1-5-43(24(2)3)34(45)29-16-25(36)6-10-30(29)49-31-17-37-23-38-33(31)42-21-35(22-42)12-14-41(15-13-35)18-27-8-7-26(20-48-27)39-50(46,47)28-9-11-32(44)40(4)19-28/h6,9-11,16-17,19,23-24,26-27,39H,5,7-8,12-15,18,20-22H2,1-4H3/t26-,27+/m1/s1. The van der Waals surface area contributed by atoms with E-state index in [0.29, 0.717) is 31.1 Å². The van der Waals surface area contributed by atoms with E-state index in [1.54, 1.807) is 11.1 Å². The Hall–Kier alpha value is -3.92. The highest BCUT2D eigenvalue weighted by Crippen LogP contribution is 2.45. The molecule has 1 N–H and O–H groups in total. The molecule has 2 atom stereocenters. The Labute approximate surface area is 292 Å². The van der Waals surface area contributed by atoms with Crippen LogP contribution < -0.4 is 19.9 Å². The van der Waals surface area contributed by atoms with Crippen LogP contribution in [-0.2, 0) is 21.8 Å². The fourth-order valence-electron chi connectivity index (χ4n) is 7.18. The summed E-state index contributed by atoms with van der Waals surface area (Å²) in [6.07, 6.45) is 7.90. The van der Waals surface area contributed by atoms with Gasteiger partial charge in [-0.05, 0) is 83.8 Å². The number of piperidine rings is 1. The number of hydrogen-bond acceptors (Lipinski definition) is 10. The Morgan fingerprint density at radius 2 is 1.92 bits per heavy atom.